The molecule has 0 saturated heterocycles. The van der Waals surface area contributed by atoms with Crippen molar-refractivity contribution in [3.05, 3.63) is 65.5 Å². The normalized spacial score (nSPS) is 14.8. The van der Waals surface area contributed by atoms with Gasteiger partial charge in [0.1, 0.15) is 17.3 Å². The first kappa shape index (κ1) is 22.2. The third-order valence-electron chi connectivity index (χ3n) is 5.63. The van der Waals surface area contributed by atoms with Crippen LogP contribution < -0.4 is 10.1 Å². The molecule has 7 nitrogen and oxygen atoms in total. The van der Waals surface area contributed by atoms with Gasteiger partial charge < -0.3 is 15.0 Å². The predicted octanol–water partition coefficient (Wildman–Crippen LogP) is 3.47. The molecule has 0 saturated carbocycles. The SMILES string of the molecule is COc1ccc(CN2CCc3c(nc(-c4ccccn4)nc3N[C@@H](C)CN(C)C)C2)cc1. The van der Waals surface area contributed by atoms with Gasteiger partial charge in [-0.3, -0.25) is 9.88 Å². The number of nitrogens with one attached hydrogen (secondary N) is 1. The number of ether oxygens (including phenoxy) is 1. The summed E-state index contributed by atoms with van der Waals surface area (Å²) in [7, 11) is 5.87. The summed E-state index contributed by atoms with van der Waals surface area (Å²) in [6.07, 6.45) is 2.71. The number of rotatable bonds is 8. The van der Waals surface area contributed by atoms with E-state index in [0.29, 0.717) is 5.82 Å². The molecular weight excluding hydrogens is 400 g/mol. The first-order chi connectivity index (χ1) is 15.5. The molecule has 0 radical (unpaired) electrons. The average Bonchev–Trinajstić information content (AvgIpc) is 2.79. The van der Waals surface area contributed by atoms with Gasteiger partial charge in [0, 0.05) is 44.0 Å². The number of benzene rings is 1. The topological polar surface area (TPSA) is 66.4 Å². The summed E-state index contributed by atoms with van der Waals surface area (Å²) >= 11 is 0. The molecule has 1 aliphatic heterocycles. The van der Waals surface area contributed by atoms with Crippen molar-refractivity contribution in [1.82, 2.24) is 24.8 Å². The fraction of sp³-hybridized carbons (Fsp3) is 0.400. The Kier molecular flexibility index (Phi) is 6.97. The van der Waals surface area contributed by atoms with E-state index < -0.39 is 0 Å². The Morgan fingerprint density at radius 2 is 1.94 bits per heavy atom. The third-order valence-corrected chi connectivity index (χ3v) is 5.63. The molecule has 2 aromatic heterocycles. The summed E-state index contributed by atoms with van der Waals surface area (Å²) in [5, 5.41) is 3.64. The number of likely N-dealkylation sites (N-methyl/N-ethyl adjacent to an activating group) is 1. The Balaban J connectivity index is 1.60. The largest absolute Gasteiger partial charge is 0.497 e. The van der Waals surface area contributed by atoms with Gasteiger partial charge in [-0.25, -0.2) is 9.97 Å². The van der Waals surface area contributed by atoms with Gasteiger partial charge in [0.05, 0.1) is 12.8 Å². The fourth-order valence-corrected chi connectivity index (χ4v) is 4.16. The minimum atomic E-state index is 0.276. The van der Waals surface area contributed by atoms with Gasteiger partial charge in [-0.1, -0.05) is 18.2 Å². The van der Waals surface area contributed by atoms with Gasteiger partial charge in [0.2, 0.25) is 0 Å². The highest BCUT2D eigenvalue weighted by Gasteiger charge is 2.24. The van der Waals surface area contributed by atoms with E-state index >= 15 is 0 Å². The molecule has 0 fully saturated rings. The number of pyridine rings is 1. The van der Waals surface area contributed by atoms with Crippen LogP contribution in [0, 0.1) is 0 Å². The number of hydrogen-bond acceptors (Lipinski definition) is 7. The van der Waals surface area contributed by atoms with Gasteiger partial charge in [-0.15, -0.1) is 0 Å². The Morgan fingerprint density at radius 1 is 1.12 bits per heavy atom. The van der Waals surface area contributed by atoms with Crippen molar-refractivity contribution in [3.63, 3.8) is 0 Å². The second-order valence-electron chi connectivity index (χ2n) is 8.65. The summed E-state index contributed by atoms with van der Waals surface area (Å²) < 4.78 is 5.28. The smallest absolute Gasteiger partial charge is 0.180 e. The average molecular weight is 433 g/mol. The maximum atomic E-state index is 5.28. The van der Waals surface area contributed by atoms with E-state index in [1.807, 2.05) is 30.3 Å². The van der Waals surface area contributed by atoms with Crippen LogP contribution in [0.5, 0.6) is 5.75 Å². The summed E-state index contributed by atoms with van der Waals surface area (Å²) in [6, 6.07) is 14.4. The zero-order chi connectivity index (χ0) is 22.5. The van der Waals surface area contributed by atoms with Crippen LogP contribution in [0.1, 0.15) is 23.7 Å². The van der Waals surface area contributed by atoms with Crippen molar-refractivity contribution in [2.75, 3.05) is 39.6 Å². The molecule has 0 amide bonds. The molecule has 1 N–H and O–H groups in total. The van der Waals surface area contributed by atoms with Crippen LogP contribution in [-0.2, 0) is 19.5 Å². The minimum Gasteiger partial charge on any atom is -0.497 e. The van der Waals surface area contributed by atoms with Crippen LogP contribution >= 0.6 is 0 Å². The molecule has 7 heteroatoms. The first-order valence-electron chi connectivity index (χ1n) is 11.1. The van der Waals surface area contributed by atoms with Crippen molar-refractivity contribution in [1.29, 1.82) is 0 Å². The van der Waals surface area contributed by atoms with Gasteiger partial charge in [-0.05, 0) is 57.3 Å². The van der Waals surface area contributed by atoms with Gasteiger partial charge >= 0.3 is 0 Å². The van der Waals surface area contributed by atoms with E-state index in [1.165, 1.54) is 11.1 Å². The molecule has 0 aliphatic carbocycles. The maximum absolute atomic E-state index is 5.28. The van der Waals surface area contributed by atoms with Crippen LogP contribution in [0.4, 0.5) is 5.82 Å². The van der Waals surface area contributed by atoms with E-state index in [9.17, 15) is 0 Å². The molecule has 3 aromatic rings. The second-order valence-corrected chi connectivity index (χ2v) is 8.65. The zero-order valence-electron chi connectivity index (χ0n) is 19.4. The molecule has 4 rings (SSSR count). The van der Waals surface area contributed by atoms with E-state index in [-0.39, 0.29) is 6.04 Å². The molecule has 0 bridgehead atoms. The van der Waals surface area contributed by atoms with E-state index in [0.717, 1.165) is 55.6 Å². The van der Waals surface area contributed by atoms with Crippen molar-refractivity contribution in [2.24, 2.45) is 0 Å². The predicted molar refractivity (Wildman–Crippen MR) is 128 cm³/mol. The molecule has 3 heterocycles. The van der Waals surface area contributed by atoms with Crippen molar-refractivity contribution < 1.29 is 4.74 Å². The lowest BCUT2D eigenvalue weighted by Gasteiger charge is -2.30. The minimum absolute atomic E-state index is 0.276. The number of hydrogen-bond donors (Lipinski definition) is 1. The van der Waals surface area contributed by atoms with E-state index in [4.69, 9.17) is 14.7 Å². The van der Waals surface area contributed by atoms with Crippen LogP contribution in [0.2, 0.25) is 0 Å². The van der Waals surface area contributed by atoms with E-state index in [1.54, 1.807) is 13.3 Å². The lowest BCUT2D eigenvalue weighted by atomic mass is 10.0. The quantitative estimate of drug-likeness (QED) is 0.585. The molecule has 1 aliphatic rings. The van der Waals surface area contributed by atoms with Crippen LogP contribution in [0.15, 0.2) is 48.7 Å². The fourth-order valence-electron chi connectivity index (χ4n) is 4.16. The Bertz CT molecular complexity index is 1020. The van der Waals surface area contributed by atoms with Crippen LogP contribution in [0.3, 0.4) is 0 Å². The van der Waals surface area contributed by atoms with Gasteiger partial charge in [0.15, 0.2) is 5.82 Å². The Labute approximate surface area is 190 Å². The Morgan fingerprint density at radius 3 is 2.62 bits per heavy atom. The maximum Gasteiger partial charge on any atom is 0.180 e. The highest BCUT2D eigenvalue weighted by Crippen LogP contribution is 2.28. The number of methoxy groups -OCH3 is 1. The Hall–Kier alpha value is -3.03. The molecule has 1 atom stereocenters. The van der Waals surface area contributed by atoms with Crippen molar-refractivity contribution >= 4 is 5.82 Å². The number of fused-ring (bicyclic) bond motifs is 1. The summed E-state index contributed by atoms with van der Waals surface area (Å²) in [4.78, 5) is 18.9. The van der Waals surface area contributed by atoms with Crippen LogP contribution in [0.25, 0.3) is 11.5 Å². The molecule has 0 spiro atoms. The summed E-state index contributed by atoms with van der Waals surface area (Å²) in [5.74, 6) is 2.50. The number of aromatic nitrogens is 3. The molecule has 1 aromatic carbocycles. The van der Waals surface area contributed by atoms with Crippen LogP contribution in [-0.4, -0.2) is 65.1 Å². The lowest BCUT2D eigenvalue weighted by molar-refractivity contribution is 0.241. The zero-order valence-corrected chi connectivity index (χ0v) is 19.4. The van der Waals surface area contributed by atoms with E-state index in [2.05, 4.69) is 53.3 Å². The molecule has 0 unspecified atom stereocenters. The standard InChI is InChI=1S/C25H32N6O/c1-18(15-30(2)3)27-24-21-12-14-31(16-19-8-10-20(32-4)11-9-19)17-23(21)28-25(29-24)22-7-5-6-13-26-22/h5-11,13,18H,12,14-17H2,1-4H3,(H,27,28,29)/t18-/m0/s1. The highest BCUT2D eigenvalue weighted by molar-refractivity contribution is 5.57. The number of nitrogens with zero attached hydrogens (tertiary/aromatic N) is 5. The molecule has 168 valence electrons. The molecule has 32 heavy (non-hydrogen) atoms. The number of anilines is 1. The first-order valence-corrected chi connectivity index (χ1v) is 11.1. The monoisotopic (exact) mass is 432 g/mol. The third kappa shape index (κ3) is 5.41. The summed E-state index contributed by atoms with van der Waals surface area (Å²) in [5.41, 5.74) is 4.37. The highest BCUT2D eigenvalue weighted by atomic mass is 16.5. The lowest BCUT2D eigenvalue weighted by Crippen LogP contribution is -2.34. The second kappa shape index (κ2) is 10.1. The summed E-state index contributed by atoms with van der Waals surface area (Å²) in [6.45, 7) is 5.77. The molecular formula is C25H32N6O. The van der Waals surface area contributed by atoms with Crippen molar-refractivity contribution in [3.8, 4) is 17.3 Å². The van der Waals surface area contributed by atoms with Gasteiger partial charge in [0.25, 0.3) is 0 Å². The van der Waals surface area contributed by atoms with Crippen molar-refractivity contribution in [2.45, 2.75) is 32.5 Å². The van der Waals surface area contributed by atoms with Gasteiger partial charge in [-0.2, -0.15) is 0 Å².